The summed E-state index contributed by atoms with van der Waals surface area (Å²) in [5, 5.41) is 28.3. The lowest BCUT2D eigenvalue weighted by Gasteiger charge is -2.11. The summed E-state index contributed by atoms with van der Waals surface area (Å²) in [4.78, 5) is 0. The number of aliphatic hydroxyl groups is 1. The molecule has 122 valence electrons. The van der Waals surface area contributed by atoms with E-state index in [9.17, 15) is 15.6 Å². The number of benzene rings is 3. The summed E-state index contributed by atoms with van der Waals surface area (Å²) in [5.41, 5.74) is 7.54. The highest BCUT2D eigenvalue weighted by Crippen LogP contribution is 2.49. The Labute approximate surface area is 151 Å². The Morgan fingerprint density at radius 3 is 2.15 bits per heavy atom. The summed E-state index contributed by atoms with van der Waals surface area (Å²) in [5.74, 6) is 0. The second-order valence-corrected chi connectivity index (χ2v) is 6.11. The second kappa shape index (κ2) is 6.33. The summed E-state index contributed by atoms with van der Waals surface area (Å²) >= 11 is 0. The molecule has 0 saturated heterocycles. The Hall–Kier alpha value is -3.66. The molecule has 26 heavy (non-hydrogen) atoms. The largest absolute Gasteiger partial charge is 0.392 e. The zero-order valence-corrected chi connectivity index (χ0v) is 13.9. The quantitative estimate of drug-likeness (QED) is 0.541. The summed E-state index contributed by atoms with van der Waals surface area (Å²) in [6.45, 7) is -0.0163. The molecule has 1 aliphatic carbocycles. The first-order chi connectivity index (χ1) is 12.8. The van der Waals surface area contributed by atoms with Gasteiger partial charge in [0.15, 0.2) is 0 Å². The van der Waals surface area contributed by atoms with Gasteiger partial charge in [-0.3, -0.25) is 0 Å². The van der Waals surface area contributed by atoms with Crippen LogP contribution in [0.2, 0.25) is 0 Å². The lowest BCUT2D eigenvalue weighted by Crippen LogP contribution is -1.89. The zero-order chi connectivity index (χ0) is 18.1. The summed E-state index contributed by atoms with van der Waals surface area (Å²) < 4.78 is 0. The normalized spacial score (nSPS) is 11.3. The minimum atomic E-state index is -0.0163. The van der Waals surface area contributed by atoms with Crippen LogP contribution in [-0.4, -0.2) is 5.11 Å². The van der Waals surface area contributed by atoms with Crippen molar-refractivity contribution in [3.63, 3.8) is 0 Å². The van der Waals surface area contributed by atoms with E-state index in [0.717, 1.165) is 38.9 Å². The third-order valence-electron chi connectivity index (χ3n) is 4.69. The van der Waals surface area contributed by atoms with Crippen LogP contribution < -0.4 is 0 Å². The first-order valence-electron chi connectivity index (χ1n) is 8.26. The molecular weight excluding hydrogens is 320 g/mol. The Kier molecular flexibility index (Phi) is 3.86. The van der Waals surface area contributed by atoms with Crippen molar-refractivity contribution in [3.05, 3.63) is 89.0 Å². The van der Waals surface area contributed by atoms with Crippen LogP contribution in [0.15, 0.2) is 72.3 Å². The van der Waals surface area contributed by atoms with E-state index in [4.69, 9.17) is 0 Å². The molecule has 0 atom stereocenters. The van der Waals surface area contributed by atoms with Crippen molar-refractivity contribution in [2.75, 3.05) is 0 Å². The highest BCUT2D eigenvalue weighted by Gasteiger charge is 2.28. The molecule has 1 N–H and O–H groups in total. The van der Waals surface area contributed by atoms with Crippen molar-refractivity contribution < 1.29 is 5.11 Å². The highest BCUT2D eigenvalue weighted by atomic mass is 16.3. The molecule has 0 unspecified atom stereocenters. The van der Waals surface area contributed by atoms with Crippen LogP contribution in [0.3, 0.4) is 0 Å². The Balaban J connectivity index is 2.08. The summed E-state index contributed by atoms with van der Waals surface area (Å²) in [6, 6.07) is 25.7. The van der Waals surface area contributed by atoms with Gasteiger partial charge in [-0.15, -0.1) is 0 Å². The monoisotopic (exact) mass is 334 g/mol. The third-order valence-corrected chi connectivity index (χ3v) is 4.69. The lowest BCUT2D eigenvalue weighted by atomic mass is 9.93. The molecule has 0 spiro atoms. The van der Waals surface area contributed by atoms with Gasteiger partial charge < -0.3 is 5.11 Å². The standard InChI is InChI=1S/C23H14N2O/c24-12-17(13-25)22-19-7-1-2-8-20(19)23-18(9-4-10-21(22)23)16-6-3-5-15(11-16)14-26/h1-11,26H,14H2. The van der Waals surface area contributed by atoms with E-state index in [0.29, 0.717) is 5.57 Å². The molecule has 0 bridgehead atoms. The molecule has 1 aliphatic rings. The van der Waals surface area contributed by atoms with Crippen molar-refractivity contribution in [1.29, 1.82) is 10.5 Å². The van der Waals surface area contributed by atoms with Gasteiger partial charge in [-0.1, -0.05) is 60.7 Å². The Morgan fingerprint density at radius 1 is 0.769 bits per heavy atom. The van der Waals surface area contributed by atoms with Gasteiger partial charge in [-0.2, -0.15) is 10.5 Å². The van der Waals surface area contributed by atoms with Crippen molar-refractivity contribution >= 4 is 5.57 Å². The minimum absolute atomic E-state index is 0.0163. The lowest BCUT2D eigenvalue weighted by molar-refractivity contribution is 0.282. The zero-order valence-electron chi connectivity index (χ0n) is 13.9. The molecule has 0 aromatic heterocycles. The Bertz CT molecular complexity index is 1130. The molecule has 3 heteroatoms. The second-order valence-electron chi connectivity index (χ2n) is 6.11. The van der Waals surface area contributed by atoms with E-state index in [2.05, 4.69) is 0 Å². The number of rotatable bonds is 2. The maximum atomic E-state index is 9.46. The van der Waals surface area contributed by atoms with Crippen molar-refractivity contribution in [2.24, 2.45) is 0 Å². The van der Waals surface area contributed by atoms with Gasteiger partial charge in [0.2, 0.25) is 0 Å². The number of fused-ring (bicyclic) bond motifs is 3. The van der Waals surface area contributed by atoms with Gasteiger partial charge in [0, 0.05) is 5.57 Å². The number of hydrogen-bond donors (Lipinski definition) is 1. The van der Waals surface area contributed by atoms with Crippen LogP contribution in [0.1, 0.15) is 16.7 Å². The van der Waals surface area contributed by atoms with E-state index < -0.39 is 0 Å². The van der Waals surface area contributed by atoms with Crippen LogP contribution >= 0.6 is 0 Å². The van der Waals surface area contributed by atoms with E-state index in [-0.39, 0.29) is 12.2 Å². The van der Waals surface area contributed by atoms with Gasteiger partial charge in [0.05, 0.1) is 6.61 Å². The van der Waals surface area contributed by atoms with Gasteiger partial charge in [0.25, 0.3) is 0 Å². The Morgan fingerprint density at radius 2 is 1.42 bits per heavy atom. The molecule has 3 aromatic rings. The van der Waals surface area contributed by atoms with E-state index >= 15 is 0 Å². The average molecular weight is 334 g/mol. The van der Waals surface area contributed by atoms with Gasteiger partial charge in [-0.05, 0) is 45.0 Å². The first-order valence-corrected chi connectivity index (χ1v) is 8.26. The average Bonchev–Trinajstić information content (AvgIpc) is 3.04. The molecule has 3 aromatic carbocycles. The molecule has 3 nitrogen and oxygen atoms in total. The molecule has 0 fully saturated rings. The minimum Gasteiger partial charge on any atom is -0.392 e. The number of aliphatic hydroxyl groups excluding tert-OH is 1. The summed E-state index contributed by atoms with van der Waals surface area (Å²) in [6.07, 6.45) is 0. The van der Waals surface area contributed by atoms with Crippen LogP contribution in [0, 0.1) is 22.7 Å². The van der Waals surface area contributed by atoms with Gasteiger partial charge in [-0.25, -0.2) is 0 Å². The summed E-state index contributed by atoms with van der Waals surface area (Å²) in [7, 11) is 0. The van der Waals surface area contributed by atoms with Gasteiger partial charge >= 0.3 is 0 Å². The van der Waals surface area contributed by atoms with E-state index in [1.807, 2.05) is 78.9 Å². The fourth-order valence-corrected chi connectivity index (χ4v) is 3.60. The number of nitrogens with zero attached hydrogens (tertiary/aromatic N) is 2. The molecule has 0 heterocycles. The molecule has 0 saturated carbocycles. The number of nitriles is 2. The molecule has 0 radical (unpaired) electrons. The predicted molar refractivity (Wildman–Crippen MR) is 100 cm³/mol. The smallest absolute Gasteiger partial charge is 0.138 e. The number of allylic oxidation sites excluding steroid dienone is 1. The maximum Gasteiger partial charge on any atom is 0.138 e. The van der Waals surface area contributed by atoms with Crippen molar-refractivity contribution in [3.8, 4) is 34.4 Å². The number of hydrogen-bond acceptors (Lipinski definition) is 3. The van der Waals surface area contributed by atoms with Crippen LogP contribution in [0.4, 0.5) is 0 Å². The van der Waals surface area contributed by atoms with Crippen LogP contribution in [0.25, 0.3) is 27.8 Å². The molecule has 0 aliphatic heterocycles. The topological polar surface area (TPSA) is 67.8 Å². The fourth-order valence-electron chi connectivity index (χ4n) is 3.60. The van der Waals surface area contributed by atoms with E-state index in [1.165, 1.54) is 0 Å². The molecule has 4 rings (SSSR count). The van der Waals surface area contributed by atoms with Crippen LogP contribution in [-0.2, 0) is 6.61 Å². The van der Waals surface area contributed by atoms with Crippen molar-refractivity contribution in [2.45, 2.75) is 6.61 Å². The molecular formula is C23H14N2O. The third kappa shape index (κ3) is 2.31. The van der Waals surface area contributed by atoms with Gasteiger partial charge in [0.1, 0.15) is 17.7 Å². The molecule has 0 amide bonds. The van der Waals surface area contributed by atoms with Crippen LogP contribution in [0.5, 0.6) is 0 Å². The van der Waals surface area contributed by atoms with Crippen molar-refractivity contribution in [1.82, 2.24) is 0 Å². The fraction of sp³-hybridized carbons (Fsp3) is 0.0435. The highest BCUT2D eigenvalue weighted by molar-refractivity contribution is 6.08. The first kappa shape index (κ1) is 15.8. The maximum absolute atomic E-state index is 9.46. The SMILES string of the molecule is N#CC(C#N)=C1c2ccccc2-c2c1cccc2-c1cccc(CO)c1. The van der Waals surface area contributed by atoms with E-state index in [1.54, 1.807) is 0 Å². The predicted octanol–water partition coefficient (Wildman–Crippen LogP) is 4.68.